The summed E-state index contributed by atoms with van der Waals surface area (Å²) in [6.07, 6.45) is -11.2. The van der Waals surface area contributed by atoms with Crippen molar-refractivity contribution in [2.24, 2.45) is 0 Å². The number of ether oxygens (including phenoxy) is 9. The number of hydrogen-bond acceptors (Lipinski definition) is 30. The molecular weight excluding hydrogens is 1450 g/mol. The van der Waals surface area contributed by atoms with Crippen LogP contribution >= 0.6 is 0 Å². The third kappa shape index (κ3) is 31.4. The molecule has 0 aliphatic carbocycles. The molecule has 35 nitrogen and oxygen atoms in total. The standard InChI is InChI=1S/C75H137N3O32/c1-5-7-9-11-13-15-17-18-19-20-21-22-23-24-26-28-30-32-34-36-48(85)69(97)77-46(58(90)47(84)35-33-31-29-27-25-16-14-12-10-8-6-2)43-103-70-63(95)62(94)65(54(42-82)106-70)107-71-64(96)68(61(93)53(41-81)105-71)110-75(73(100)101)38-50(87)57(66(109-75)59(91)51(88)39-79)78-55(89)44-104-74(72(98)99)37-49(86)56(76-45(3)83)67(108-74)60(92)52(40-80)102-4/h46-54,56-68,70-71,79-82,84-88,90-96H,5-44H2,1-4H3,(H,76,83)(H,77,97)(H,78,89)(H,98,99)(H,100,101)/t46-,47+,48+,49-,50-,51?,52+,53+,54+,56+,57+,58-,59?,60+,61-,62+,63+,64+,65+,66+,67+,68-,70+,71+,74+,75-/m0/s1. The zero-order valence-electron chi connectivity index (χ0n) is 64.9. The number of aliphatic hydroxyl groups excluding tert-OH is 16. The monoisotopic (exact) mass is 1590 g/mol. The van der Waals surface area contributed by atoms with Crippen LogP contribution in [0.5, 0.6) is 0 Å². The van der Waals surface area contributed by atoms with Crippen molar-refractivity contribution in [1.82, 2.24) is 16.0 Å². The van der Waals surface area contributed by atoms with Crippen molar-refractivity contribution in [3.8, 4) is 0 Å². The highest BCUT2D eigenvalue weighted by atomic mass is 16.8. The van der Waals surface area contributed by atoms with Gasteiger partial charge in [-0.25, -0.2) is 9.59 Å². The number of unbranched alkanes of at least 4 members (excludes halogenated alkanes) is 28. The molecule has 4 aliphatic rings. The van der Waals surface area contributed by atoms with Gasteiger partial charge in [0.1, 0.15) is 104 Å². The van der Waals surface area contributed by atoms with Gasteiger partial charge in [-0.2, -0.15) is 0 Å². The van der Waals surface area contributed by atoms with Crippen LogP contribution in [0.4, 0.5) is 0 Å². The average Bonchev–Trinajstić information content (AvgIpc) is 0.757. The summed E-state index contributed by atoms with van der Waals surface area (Å²) < 4.78 is 50.9. The first-order valence-electron chi connectivity index (χ1n) is 40.3. The molecular formula is C75H137N3O32. The maximum absolute atomic E-state index is 13.8. The second-order valence-electron chi connectivity index (χ2n) is 30.2. The van der Waals surface area contributed by atoms with Gasteiger partial charge in [0, 0.05) is 26.9 Å². The Hall–Kier alpha value is -3.65. The molecule has 0 aromatic rings. The predicted octanol–water partition coefficient (Wildman–Crippen LogP) is -0.308. The van der Waals surface area contributed by atoms with Crippen molar-refractivity contribution >= 4 is 29.7 Å². The average molecular weight is 1590 g/mol. The van der Waals surface area contributed by atoms with Gasteiger partial charge in [0.25, 0.3) is 11.6 Å². The third-order valence-corrected chi connectivity index (χ3v) is 21.4. The third-order valence-electron chi connectivity index (χ3n) is 21.4. The molecule has 4 saturated heterocycles. The van der Waals surface area contributed by atoms with E-state index in [2.05, 4.69) is 29.8 Å². The van der Waals surface area contributed by atoms with E-state index in [9.17, 15) is 116 Å². The summed E-state index contributed by atoms with van der Waals surface area (Å²) in [5.41, 5.74) is 0. The van der Waals surface area contributed by atoms with E-state index in [1.54, 1.807) is 0 Å². The van der Waals surface area contributed by atoms with E-state index in [-0.39, 0.29) is 12.8 Å². The number of aliphatic carboxylic acids is 2. The normalized spacial score (nSPS) is 30.8. The molecule has 4 aliphatic heterocycles. The Kier molecular flexibility index (Phi) is 47.4. The van der Waals surface area contributed by atoms with E-state index in [1.807, 2.05) is 0 Å². The number of carbonyl (C=O) groups is 5. The highest BCUT2D eigenvalue weighted by Crippen LogP contribution is 2.40. The summed E-state index contributed by atoms with van der Waals surface area (Å²) in [4.78, 5) is 65.9. The molecule has 35 heteroatoms. The van der Waals surface area contributed by atoms with E-state index in [0.717, 1.165) is 78.2 Å². The lowest BCUT2D eigenvalue weighted by Crippen LogP contribution is -2.71. The fraction of sp³-hybridized carbons (Fsp3) is 0.933. The molecule has 0 saturated carbocycles. The van der Waals surface area contributed by atoms with Gasteiger partial charge in [-0.3, -0.25) is 14.4 Å². The molecule has 4 heterocycles. The highest BCUT2D eigenvalue weighted by molar-refractivity contribution is 5.81. The molecule has 0 aromatic heterocycles. The van der Waals surface area contributed by atoms with Gasteiger partial charge in [0.2, 0.25) is 17.7 Å². The molecule has 0 aromatic carbocycles. The van der Waals surface area contributed by atoms with Gasteiger partial charge in [0.15, 0.2) is 12.6 Å². The fourth-order valence-electron chi connectivity index (χ4n) is 14.7. The minimum absolute atomic E-state index is 0.0897. The van der Waals surface area contributed by atoms with Crippen molar-refractivity contribution in [3.63, 3.8) is 0 Å². The number of rotatable bonds is 59. The Morgan fingerprint density at radius 2 is 0.945 bits per heavy atom. The minimum Gasteiger partial charge on any atom is -0.477 e. The van der Waals surface area contributed by atoms with Crippen LogP contribution in [0, 0.1) is 0 Å². The summed E-state index contributed by atoms with van der Waals surface area (Å²) in [7, 11) is 1.06. The number of carboxylic acids is 2. The first-order valence-corrected chi connectivity index (χ1v) is 40.3. The van der Waals surface area contributed by atoms with Crippen LogP contribution in [0.15, 0.2) is 0 Å². The van der Waals surface area contributed by atoms with Crippen LogP contribution < -0.4 is 16.0 Å². The Morgan fingerprint density at radius 1 is 0.500 bits per heavy atom. The lowest BCUT2D eigenvalue weighted by molar-refractivity contribution is -0.386. The molecule has 4 rings (SSSR count). The van der Waals surface area contributed by atoms with Crippen LogP contribution in [0.3, 0.4) is 0 Å². The van der Waals surface area contributed by atoms with Crippen molar-refractivity contribution in [2.45, 2.75) is 397 Å². The number of amides is 3. The van der Waals surface area contributed by atoms with Crippen molar-refractivity contribution in [3.05, 3.63) is 0 Å². The first-order chi connectivity index (χ1) is 52.6. The molecule has 644 valence electrons. The van der Waals surface area contributed by atoms with Gasteiger partial charge >= 0.3 is 11.9 Å². The second kappa shape index (κ2) is 52.8. The largest absolute Gasteiger partial charge is 0.477 e. The highest BCUT2D eigenvalue weighted by Gasteiger charge is 2.61. The van der Waals surface area contributed by atoms with E-state index in [4.69, 9.17) is 42.6 Å². The Balaban J connectivity index is 1.45. The van der Waals surface area contributed by atoms with Crippen LogP contribution in [0.2, 0.25) is 0 Å². The van der Waals surface area contributed by atoms with Crippen LogP contribution in [-0.2, 0) is 66.6 Å². The molecule has 2 unspecified atom stereocenters. The zero-order chi connectivity index (χ0) is 81.5. The van der Waals surface area contributed by atoms with Crippen molar-refractivity contribution in [2.75, 3.05) is 46.8 Å². The van der Waals surface area contributed by atoms with Gasteiger partial charge in [-0.15, -0.1) is 0 Å². The Morgan fingerprint density at radius 3 is 1.40 bits per heavy atom. The van der Waals surface area contributed by atoms with E-state index < -0.39 is 240 Å². The zero-order valence-corrected chi connectivity index (χ0v) is 64.9. The molecule has 0 bridgehead atoms. The number of aliphatic hydroxyl groups is 16. The predicted molar refractivity (Wildman–Crippen MR) is 390 cm³/mol. The van der Waals surface area contributed by atoms with Crippen LogP contribution in [-0.4, -0.2) is 327 Å². The molecule has 110 heavy (non-hydrogen) atoms. The number of carboxylic acid groups (broad SMARTS) is 2. The van der Waals surface area contributed by atoms with Gasteiger partial charge in [-0.1, -0.05) is 206 Å². The minimum atomic E-state index is -3.39. The van der Waals surface area contributed by atoms with Crippen LogP contribution in [0.1, 0.15) is 239 Å². The van der Waals surface area contributed by atoms with E-state index in [1.165, 1.54) is 116 Å². The number of nitrogens with one attached hydrogen (secondary N) is 3. The summed E-state index contributed by atoms with van der Waals surface area (Å²) in [6.45, 7) is -1.06. The number of hydrogen-bond donors (Lipinski definition) is 21. The van der Waals surface area contributed by atoms with E-state index >= 15 is 0 Å². The molecule has 3 amide bonds. The van der Waals surface area contributed by atoms with Gasteiger partial charge in [-0.05, 0) is 12.8 Å². The van der Waals surface area contributed by atoms with Crippen LogP contribution in [0.25, 0.3) is 0 Å². The Labute approximate surface area is 645 Å². The summed E-state index contributed by atoms with van der Waals surface area (Å²) in [5, 5.41) is 206. The maximum atomic E-state index is 13.8. The quantitative estimate of drug-likeness (QED) is 0.0347. The molecule has 26 atom stereocenters. The Bertz CT molecular complexity index is 2540. The summed E-state index contributed by atoms with van der Waals surface area (Å²) >= 11 is 0. The molecule has 0 radical (unpaired) electrons. The molecule has 21 N–H and O–H groups in total. The first kappa shape index (κ1) is 98.7. The number of methoxy groups -OCH3 is 1. The molecule has 0 spiro atoms. The summed E-state index contributed by atoms with van der Waals surface area (Å²) in [6, 6.07) is -5.10. The lowest BCUT2D eigenvalue weighted by Gasteiger charge is -2.50. The van der Waals surface area contributed by atoms with E-state index in [0.29, 0.717) is 12.8 Å². The lowest BCUT2D eigenvalue weighted by atomic mass is 9.88. The maximum Gasteiger partial charge on any atom is 0.364 e. The topological polar surface area (TPSA) is 569 Å². The smallest absolute Gasteiger partial charge is 0.364 e. The number of carbonyl (C=O) groups excluding carboxylic acids is 3. The van der Waals surface area contributed by atoms with Gasteiger partial charge < -0.3 is 150 Å². The van der Waals surface area contributed by atoms with Crippen molar-refractivity contribution in [1.29, 1.82) is 0 Å². The molecule has 4 fully saturated rings. The fourth-order valence-corrected chi connectivity index (χ4v) is 14.7. The van der Waals surface area contributed by atoms with Crippen molar-refractivity contribution < 1.29 is 159 Å². The second-order valence-corrected chi connectivity index (χ2v) is 30.2. The SMILES string of the molecule is CCCCCCCCCCCCCCCCCCCCC[C@@H](O)C(=O)N[C@@H](CO[C@@H]1O[C@H](CO)[C@@H](O[C@H]2O[C@H](CO)[C@H](O)[C@H](O[C@]3(C(=O)O)C[C@H](O)[C@@H](NC(=O)CO[C@]4(C(=O)O)C[C@H](O)[C@@H](NC(C)=O)[C@H]([C@H](O)[C@@H](CO)OC)O4)[C@H](C(O)C(O)CO)O3)[C@H]2O)[C@H](O)[C@H]1O)[C@H](O)[C@H](O)CCCCCCCCCCCCC. The van der Waals surface area contributed by atoms with Gasteiger partial charge in [0.05, 0.1) is 69.5 Å². The summed E-state index contributed by atoms with van der Waals surface area (Å²) in [5.74, 6) is -13.7.